The third-order valence-electron chi connectivity index (χ3n) is 2.60. The number of hydrogen-bond acceptors (Lipinski definition) is 7. The predicted octanol–water partition coefficient (Wildman–Crippen LogP) is 1.98. The summed E-state index contributed by atoms with van der Waals surface area (Å²) in [5, 5.41) is 1.39. The summed E-state index contributed by atoms with van der Waals surface area (Å²) in [6, 6.07) is 3.47. The number of pyridine rings is 1. The molecule has 0 aliphatic rings. The zero-order chi connectivity index (χ0) is 13.9. The van der Waals surface area contributed by atoms with Crippen LogP contribution in [0.4, 0.5) is 5.82 Å². The molecule has 102 valence electrons. The number of halogens is 1. The van der Waals surface area contributed by atoms with Crippen LogP contribution >= 0.6 is 23.4 Å². The average Bonchev–Trinajstić information content (AvgIpc) is 2.95. The summed E-state index contributed by atoms with van der Waals surface area (Å²) in [6.45, 7) is 0. The average molecular weight is 308 g/mol. The Morgan fingerprint density at radius 1 is 1.30 bits per heavy atom. The fourth-order valence-corrected chi connectivity index (χ4v) is 2.82. The third-order valence-corrected chi connectivity index (χ3v) is 3.95. The Kier molecular flexibility index (Phi) is 3.68. The molecule has 0 saturated carbocycles. The number of imidazole rings is 1. The van der Waals surface area contributed by atoms with Crippen LogP contribution in [0, 0.1) is 0 Å². The molecule has 3 aromatic rings. The number of hydrazine groups is 1. The number of H-pyrrole nitrogens is 1. The molecule has 0 atom stereocenters. The largest absolute Gasteiger partial charge is 0.341 e. The maximum Gasteiger partial charge on any atom is 0.181 e. The molecule has 20 heavy (non-hydrogen) atoms. The number of aromatic amines is 1. The minimum atomic E-state index is 0.569. The van der Waals surface area contributed by atoms with Gasteiger partial charge in [0.25, 0.3) is 0 Å². The van der Waals surface area contributed by atoms with Crippen molar-refractivity contribution in [3.05, 3.63) is 35.5 Å². The molecule has 0 radical (unpaired) electrons. The van der Waals surface area contributed by atoms with E-state index in [9.17, 15) is 0 Å². The van der Waals surface area contributed by atoms with Gasteiger partial charge in [-0.05, 0) is 12.1 Å². The topological polar surface area (TPSA) is 105 Å². The molecule has 0 fully saturated rings. The lowest BCUT2D eigenvalue weighted by Crippen LogP contribution is -2.09. The van der Waals surface area contributed by atoms with Gasteiger partial charge >= 0.3 is 0 Å². The van der Waals surface area contributed by atoms with E-state index >= 15 is 0 Å². The number of hydrogen-bond donors (Lipinski definition) is 3. The number of fused-ring (bicyclic) bond motifs is 1. The standard InChI is InChI=1S/C11H10ClN7S/c12-6-1-2-8(19-13)18-7(6)3-20-11-9-10(15-4-14-9)16-5-17-11/h1-2,4-5H,3,13H2,(H,18,19)(H,14,15,16,17). The van der Waals surface area contributed by atoms with Crippen molar-refractivity contribution < 1.29 is 0 Å². The van der Waals surface area contributed by atoms with Gasteiger partial charge in [-0.15, -0.1) is 0 Å². The molecule has 0 amide bonds. The molecule has 3 aromatic heterocycles. The summed E-state index contributed by atoms with van der Waals surface area (Å²) >= 11 is 7.62. The maximum absolute atomic E-state index is 6.12. The molecule has 3 heterocycles. The molecule has 0 aliphatic heterocycles. The van der Waals surface area contributed by atoms with Gasteiger partial charge in [0, 0.05) is 5.75 Å². The summed E-state index contributed by atoms with van der Waals surface area (Å²) in [6.07, 6.45) is 3.08. The zero-order valence-electron chi connectivity index (χ0n) is 10.2. The third kappa shape index (κ3) is 2.53. The van der Waals surface area contributed by atoms with Crippen molar-refractivity contribution in [2.75, 3.05) is 5.43 Å². The van der Waals surface area contributed by atoms with Gasteiger partial charge in [0.15, 0.2) is 5.65 Å². The number of anilines is 1. The highest BCUT2D eigenvalue weighted by Gasteiger charge is 2.09. The second-order valence-electron chi connectivity index (χ2n) is 3.84. The summed E-state index contributed by atoms with van der Waals surface area (Å²) < 4.78 is 0. The highest BCUT2D eigenvalue weighted by atomic mass is 35.5. The van der Waals surface area contributed by atoms with Crippen molar-refractivity contribution in [2.45, 2.75) is 10.8 Å². The molecular formula is C11H10ClN7S. The molecule has 4 N–H and O–H groups in total. The fourth-order valence-electron chi connectivity index (χ4n) is 1.65. The summed E-state index contributed by atoms with van der Waals surface area (Å²) in [7, 11) is 0. The van der Waals surface area contributed by atoms with Gasteiger partial charge in [0.05, 0.1) is 17.0 Å². The van der Waals surface area contributed by atoms with Crippen LogP contribution in [0.1, 0.15) is 5.69 Å². The lowest BCUT2D eigenvalue weighted by Gasteiger charge is -2.06. The molecule has 0 saturated heterocycles. The van der Waals surface area contributed by atoms with Crippen LogP contribution in [0.5, 0.6) is 0 Å². The number of nitrogens with two attached hydrogens (primary N) is 1. The first-order valence-electron chi connectivity index (χ1n) is 5.67. The molecule has 0 spiro atoms. The Morgan fingerprint density at radius 2 is 2.20 bits per heavy atom. The number of nitrogen functional groups attached to an aromatic ring is 1. The molecular weight excluding hydrogens is 298 g/mol. The Hall–Kier alpha value is -1.90. The first-order chi connectivity index (χ1) is 9.78. The first-order valence-corrected chi connectivity index (χ1v) is 7.03. The van der Waals surface area contributed by atoms with Crippen molar-refractivity contribution in [3.63, 3.8) is 0 Å². The maximum atomic E-state index is 6.12. The highest BCUT2D eigenvalue weighted by Crippen LogP contribution is 2.28. The van der Waals surface area contributed by atoms with Gasteiger partial charge in [-0.1, -0.05) is 23.4 Å². The number of nitrogens with one attached hydrogen (secondary N) is 2. The van der Waals surface area contributed by atoms with E-state index in [0.29, 0.717) is 22.2 Å². The summed E-state index contributed by atoms with van der Waals surface area (Å²) in [5.41, 5.74) is 4.68. The molecule has 0 aromatic carbocycles. The summed E-state index contributed by atoms with van der Waals surface area (Å²) in [4.78, 5) is 19.7. The Balaban J connectivity index is 1.84. The predicted molar refractivity (Wildman–Crippen MR) is 78.3 cm³/mol. The Labute approximate surface area is 123 Å². The normalized spacial score (nSPS) is 10.9. The Bertz CT molecular complexity index is 744. The van der Waals surface area contributed by atoms with Crippen LogP contribution in [-0.2, 0) is 5.75 Å². The highest BCUT2D eigenvalue weighted by molar-refractivity contribution is 7.98. The van der Waals surface area contributed by atoms with E-state index in [1.807, 2.05) is 0 Å². The van der Waals surface area contributed by atoms with Crippen molar-refractivity contribution >= 4 is 40.3 Å². The van der Waals surface area contributed by atoms with Crippen molar-refractivity contribution in [3.8, 4) is 0 Å². The smallest absolute Gasteiger partial charge is 0.181 e. The lowest BCUT2D eigenvalue weighted by molar-refractivity contribution is 1.08. The van der Waals surface area contributed by atoms with Crippen molar-refractivity contribution in [1.29, 1.82) is 0 Å². The quantitative estimate of drug-likeness (QED) is 0.293. The van der Waals surface area contributed by atoms with Gasteiger partial charge in [-0.3, -0.25) is 0 Å². The number of thioether (sulfide) groups is 1. The van der Waals surface area contributed by atoms with Gasteiger partial charge in [0.1, 0.15) is 22.7 Å². The van der Waals surface area contributed by atoms with Crippen molar-refractivity contribution in [2.24, 2.45) is 5.84 Å². The number of nitrogens with zero attached hydrogens (tertiary/aromatic N) is 4. The lowest BCUT2D eigenvalue weighted by atomic mass is 10.4. The van der Waals surface area contributed by atoms with Gasteiger partial charge < -0.3 is 10.4 Å². The fraction of sp³-hybridized carbons (Fsp3) is 0.0909. The van der Waals surface area contributed by atoms with E-state index in [-0.39, 0.29) is 0 Å². The molecule has 9 heteroatoms. The van der Waals surface area contributed by atoms with Crippen LogP contribution in [0.15, 0.2) is 29.8 Å². The minimum absolute atomic E-state index is 0.569. The molecule has 3 rings (SSSR count). The summed E-state index contributed by atoms with van der Waals surface area (Å²) in [5.74, 6) is 6.48. The van der Waals surface area contributed by atoms with Gasteiger partial charge in [-0.25, -0.2) is 25.8 Å². The molecule has 0 unspecified atom stereocenters. The van der Waals surface area contributed by atoms with E-state index in [1.165, 1.54) is 18.1 Å². The molecule has 0 bridgehead atoms. The SMILES string of the molecule is NNc1ccc(Cl)c(CSc2ncnc3nc[nH]c23)n1. The van der Waals surface area contributed by atoms with Crippen molar-refractivity contribution in [1.82, 2.24) is 24.9 Å². The van der Waals surface area contributed by atoms with E-state index in [1.54, 1.807) is 18.5 Å². The molecule has 0 aliphatic carbocycles. The van der Waals surface area contributed by atoms with E-state index in [0.717, 1.165) is 16.2 Å². The second kappa shape index (κ2) is 5.61. The Morgan fingerprint density at radius 3 is 3.05 bits per heavy atom. The van der Waals surface area contributed by atoms with Crippen LogP contribution in [0.3, 0.4) is 0 Å². The number of rotatable bonds is 4. The van der Waals surface area contributed by atoms with Gasteiger partial charge in [0.2, 0.25) is 0 Å². The zero-order valence-corrected chi connectivity index (χ0v) is 11.7. The minimum Gasteiger partial charge on any atom is -0.341 e. The second-order valence-corrected chi connectivity index (χ2v) is 5.21. The van der Waals surface area contributed by atoms with E-state index < -0.39 is 0 Å². The first kappa shape index (κ1) is 13.1. The van der Waals surface area contributed by atoms with E-state index in [2.05, 4.69) is 30.3 Å². The molecule has 7 nitrogen and oxygen atoms in total. The number of aromatic nitrogens is 5. The van der Waals surface area contributed by atoms with Crippen LogP contribution in [-0.4, -0.2) is 24.9 Å². The van der Waals surface area contributed by atoms with Crippen LogP contribution < -0.4 is 11.3 Å². The van der Waals surface area contributed by atoms with Crippen LogP contribution in [0.25, 0.3) is 11.2 Å². The van der Waals surface area contributed by atoms with Crippen LogP contribution in [0.2, 0.25) is 5.02 Å². The monoisotopic (exact) mass is 307 g/mol. The van der Waals surface area contributed by atoms with E-state index in [4.69, 9.17) is 17.4 Å². The van der Waals surface area contributed by atoms with Gasteiger partial charge in [-0.2, -0.15) is 0 Å².